The maximum Gasteiger partial charge on any atom is 0.472 e. The van der Waals surface area contributed by atoms with Crippen LogP contribution >= 0.6 is 7.82 Å². The minimum atomic E-state index is -5.16. The van der Waals surface area contributed by atoms with Crippen molar-refractivity contribution in [2.24, 2.45) is 0 Å². The van der Waals surface area contributed by atoms with Crippen LogP contribution in [0.5, 0.6) is 0 Å². The summed E-state index contributed by atoms with van der Waals surface area (Å²) in [7, 11) is -5.16. The number of carbonyl (C=O) groups excluding carboxylic acids is 2. The fourth-order valence-corrected chi connectivity index (χ4v) is 8.01. The van der Waals surface area contributed by atoms with Crippen molar-refractivity contribution in [3.05, 3.63) is 72.9 Å². The highest BCUT2D eigenvalue weighted by Gasteiger charge is 2.51. The first-order chi connectivity index (χ1) is 31.8. The van der Waals surface area contributed by atoms with Gasteiger partial charge in [-0.1, -0.05) is 157 Å². The van der Waals surface area contributed by atoms with Crippen molar-refractivity contribution >= 4 is 19.8 Å². The van der Waals surface area contributed by atoms with E-state index in [-0.39, 0.29) is 12.8 Å². The SMILES string of the molecule is CCCCC/C=C\C/C=C\CCCCCCCCCCCC(=O)OC[C@H](COP(=O)(O)OC1[C@H](O)[C@H](O)C(O)[C@H](O)[C@H]1O)OC(=O)CCC/C=C\C/C=C\C=C\[C@@H](O)C/C=C\CCCCC. The molecule has 0 aliphatic heterocycles. The van der Waals surface area contributed by atoms with Crippen LogP contribution in [0.4, 0.5) is 0 Å². The maximum absolute atomic E-state index is 12.8. The van der Waals surface area contributed by atoms with Crippen molar-refractivity contribution in [3.63, 3.8) is 0 Å². The molecule has 380 valence electrons. The van der Waals surface area contributed by atoms with E-state index in [2.05, 4.69) is 44.2 Å². The number of unbranched alkanes of at least 4 members (excludes halogenated alkanes) is 16. The molecule has 66 heavy (non-hydrogen) atoms. The van der Waals surface area contributed by atoms with Crippen molar-refractivity contribution in [3.8, 4) is 0 Å². The number of aliphatic hydroxyl groups is 6. The molecule has 9 atom stereocenters. The number of aliphatic hydroxyl groups excluding tert-OH is 6. The second-order valence-corrected chi connectivity index (χ2v) is 18.6. The number of allylic oxidation sites excluding steroid dienone is 10. The van der Waals surface area contributed by atoms with Crippen LogP contribution in [0.2, 0.25) is 0 Å². The van der Waals surface area contributed by atoms with E-state index in [0.29, 0.717) is 32.1 Å². The lowest BCUT2D eigenvalue weighted by atomic mass is 9.85. The highest BCUT2D eigenvalue weighted by Crippen LogP contribution is 2.47. The summed E-state index contributed by atoms with van der Waals surface area (Å²) in [5.74, 6) is -1.21. The van der Waals surface area contributed by atoms with Crippen LogP contribution in [-0.2, 0) is 32.7 Å². The molecule has 0 aromatic rings. The molecule has 3 unspecified atom stereocenters. The molecule has 14 nitrogen and oxygen atoms in total. The van der Waals surface area contributed by atoms with E-state index in [1.165, 1.54) is 64.2 Å². The Kier molecular flexibility index (Phi) is 37.3. The van der Waals surface area contributed by atoms with Crippen LogP contribution in [0.1, 0.15) is 174 Å². The summed E-state index contributed by atoms with van der Waals surface area (Å²) in [6, 6.07) is 0. The topological polar surface area (TPSA) is 230 Å². The van der Waals surface area contributed by atoms with Crippen LogP contribution in [-0.4, -0.2) is 110 Å². The molecule has 0 spiro atoms. The molecule has 0 amide bonds. The molecule has 0 radical (unpaired) electrons. The zero-order chi connectivity index (χ0) is 48.7. The van der Waals surface area contributed by atoms with Gasteiger partial charge in [-0.2, -0.15) is 0 Å². The van der Waals surface area contributed by atoms with Gasteiger partial charge >= 0.3 is 19.8 Å². The number of rotatable bonds is 40. The van der Waals surface area contributed by atoms with Gasteiger partial charge < -0.3 is 45.0 Å². The predicted molar refractivity (Wildman–Crippen MR) is 259 cm³/mol. The molecule has 1 aliphatic rings. The molecule has 1 saturated carbocycles. The Morgan fingerprint density at radius 3 is 1.59 bits per heavy atom. The second-order valence-electron chi connectivity index (χ2n) is 17.2. The lowest BCUT2D eigenvalue weighted by Crippen LogP contribution is -2.64. The van der Waals surface area contributed by atoms with Gasteiger partial charge in [-0.15, -0.1) is 0 Å². The fraction of sp³-hybridized carbons (Fsp3) is 0.725. The van der Waals surface area contributed by atoms with Crippen molar-refractivity contribution in [2.45, 2.75) is 223 Å². The number of hydrogen-bond donors (Lipinski definition) is 7. The zero-order valence-corrected chi connectivity index (χ0v) is 41.0. The van der Waals surface area contributed by atoms with Gasteiger partial charge in [0.2, 0.25) is 0 Å². The molecule has 15 heteroatoms. The van der Waals surface area contributed by atoms with E-state index in [1.807, 2.05) is 36.5 Å². The number of phosphoric ester groups is 1. The van der Waals surface area contributed by atoms with E-state index in [4.69, 9.17) is 18.5 Å². The van der Waals surface area contributed by atoms with Gasteiger partial charge in [-0.25, -0.2) is 4.57 Å². The lowest BCUT2D eigenvalue weighted by molar-refractivity contribution is -0.220. The summed E-state index contributed by atoms with van der Waals surface area (Å²) in [5.41, 5.74) is 0. The second kappa shape index (κ2) is 40.2. The Morgan fingerprint density at radius 1 is 0.545 bits per heavy atom. The molecular weight excluding hydrogens is 868 g/mol. The lowest BCUT2D eigenvalue weighted by Gasteiger charge is -2.41. The van der Waals surface area contributed by atoms with Crippen LogP contribution in [0.25, 0.3) is 0 Å². The summed E-state index contributed by atoms with van der Waals surface area (Å²) in [6.45, 7) is 3.13. The normalized spacial score (nSPS) is 22.4. The van der Waals surface area contributed by atoms with Gasteiger partial charge in [0, 0.05) is 12.8 Å². The number of esters is 2. The van der Waals surface area contributed by atoms with Crippen LogP contribution in [0.15, 0.2) is 72.9 Å². The van der Waals surface area contributed by atoms with Crippen molar-refractivity contribution < 1.29 is 68.2 Å². The van der Waals surface area contributed by atoms with Crippen LogP contribution in [0.3, 0.4) is 0 Å². The Labute approximate surface area is 396 Å². The van der Waals surface area contributed by atoms with Gasteiger partial charge in [0.25, 0.3) is 0 Å². The standard InChI is InChI=1S/C51H87O14P/c1-3-5-7-9-11-12-13-14-15-16-17-18-19-20-21-22-26-30-34-38-44(53)62-40-43(41-63-66(60,61)65-51-49(58)47(56)46(55)48(57)50(51)59)64-45(54)39-35-31-27-24-23-25-29-33-37-42(52)36-32-28-10-8-6-4-2/h11-12,14-15,24-25,27-29,32-33,37,42-43,46-52,55-59H,3-10,13,16-23,26,30-31,34-36,38-41H2,1-2H3,(H,60,61)/b12-11-,15-14-,27-24-,29-25-,32-28-,37-33+/t42-,43+,46?,47-,48+,49+,50+,51?/m0/s1. The Bertz CT molecular complexity index is 1450. The van der Waals surface area contributed by atoms with Gasteiger partial charge in [0.05, 0.1) is 12.7 Å². The molecule has 0 saturated heterocycles. The number of carbonyl (C=O) groups is 2. The molecule has 1 aliphatic carbocycles. The molecule has 0 bridgehead atoms. The van der Waals surface area contributed by atoms with E-state index >= 15 is 0 Å². The van der Waals surface area contributed by atoms with E-state index < -0.39 is 81.8 Å². The van der Waals surface area contributed by atoms with Gasteiger partial charge in [-0.05, 0) is 77.0 Å². The summed E-state index contributed by atoms with van der Waals surface area (Å²) in [5, 5.41) is 60.3. The predicted octanol–water partition coefficient (Wildman–Crippen LogP) is 9.25. The zero-order valence-electron chi connectivity index (χ0n) is 40.1. The van der Waals surface area contributed by atoms with Gasteiger partial charge in [0.1, 0.15) is 43.2 Å². The minimum absolute atomic E-state index is 0.0150. The third-order valence-electron chi connectivity index (χ3n) is 11.1. The molecule has 0 aromatic carbocycles. The number of hydrogen-bond acceptors (Lipinski definition) is 13. The fourth-order valence-electron chi connectivity index (χ4n) is 7.04. The molecule has 7 N–H and O–H groups in total. The van der Waals surface area contributed by atoms with Crippen molar-refractivity contribution in [1.29, 1.82) is 0 Å². The first-order valence-electron chi connectivity index (χ1n) is 24.8. The van der Waals surface area contributed by atoms with E-state index in [0.717, 1.165) is 51.4 Å². The molecule has 1 rings (SSSR count). The monoisotopic (exact) mass is 955 g/mol. The van der Waals surface area contributed by atoms with Crippen molar-refractivity contribution in [2.75, 3.05) is 13.2 Å². The summed E-state index contributed by atoms with van der Waals surface area (Å²) < 4.78 is 33.5. The first-order valence-corrected chi connectivity index (χ1v) is 26.3. The summed E-state index contributed by atoms with van der Waals surface area (Å²) in [4.78, 5) is 35.8. The smallest absolute Gasteiger partial charge is 0.462 e. The number of phosphoric acid groups is 1. The maximum atomic E-state index is 12.8. The number of ether oxygens (including phenoxy) is 2. The first kappa shape index (κ1) is 61.3. The minimum Gasteiger partial charge on any atom is -0.462 e. The van der Waals surface area contributed by atoms with Crippen LogP contribution in [0, 0.1) is 0 Å². The third kappa shape index (κ3) is 32.1. The summed E-state index contributed by atoms with van der Waals surface area (Å²) in [6.07, 6.45) is 34.0. The molecular formula is C51H87O14P. The molecule has 1 fully saturated rings. The summed E-state index contributed by atoms with van der Waals surface area (Å²) >= 11 is 0. The van der Waals surface area contributed by atoms with Crippen molar-refractivity contribution in [1.82, 2.24) is 0 Å². The average molecular weight is 955 g/mol. The quantitative estimate of drug-likeness (QED) is 0.00999. The highest BCUT2D eigenvalue weighted by molar-refractivity contribution is 7.47. The Balaban J connectivity index is 2.49. The third-order valence-corrected chi connectivity index (χ3v) is 12.1. The van der Waals surface area contributed by atoms with E-state index in [1.54, 1.807) is 6.08 Å². The Morgan fingerprint density at radius 2 is 1.02 bits per heavy atom. The largest absolute Gasteiger partial charge is 0.472 e. The highest BCUT2D eigenvalue weighted by atomic mass is 31.2. The molecule has 0 heterocycles. The van der Waals surface area contributed by atoms with Crippen LogP contribution < -0.4 is 0 Å². The van der Waals surface area contributed by atoms with Gasteiger partial charge in [-0.3, -0.25) is 18.6 Å². The Hall–Kier alpha value is -2.75. The van der Waals surface area contributed by atoms with E-state index in [9.17, 15) is 49.7 Å². The average Bonchev–Trinajstić information content (AvgIpc) is 3.29. The van der Waals surface area contributed by atoms with Gasteiger partial charge in [0.15, 0.2) is 6.10 Å². The molecule has 0 aromatic heterocycles.